The molecule has 236 valence electrons. The summed E-state index contributed by atoms with van der Waals surface area (Å²) in [5.41, 5.74) is 1.78. The van der Waals surface area contributed by atoms with Gasteiger partial charge in [0.2, 0.25) is 18.1 Å². The lowest BCUT2D eigenvalue weighted by molar-refractivity contribution is -0.231. The maximum absolute atomic E-state index is 13.8. The highest BCUT2D eigenvalue weighted by Crippen LogP contribution is 2.36. The van der Waals surface area contributed by atoms with Crippen molar-refractivity contribution in [2.75, 3.05) is 57.9 Å². The third kappa shape index (κ3) is 7.43. The van der Waals surface area contributed by atoms with Gasteiger partial charge in [0, 0.05) is 37.4 Å². The lowest BCUT2D eigenvalue weighted by Crippen LogP contribution is -2.51. The first-order chi connectivity index (χ1) is 21.5. The summed E-state index contributed by atoms with van der Waals surface area (Å²) in [6.07, 6.45) is 7.41. The standard InChI is InChI=1S/C32H42FN7O4/c1-32(30(41)36-24-6-3-2-4-7-24)20-43-29(44-21-32)28-38-26(22-8-10-23(33)11-9-22)27(39-28)25-12-14-35-31(37-25)34-13-5-15-40-16-18-42-19-17-40/h8-12,14,24,29H,2-7,13,15-21H2,1H3,(H,36,41)(H,38,39)(H,34,35,37). The van der Waals surface area contributed by atoms with Crippen LogP contribution in [-0.2, 0) is 19.0 Å². The van der Waals surface area contributed by atoms with Gasteiger partial charge in [0.05, 0.1) is 48.9 Å². The number of carbonyl (C=O) groups is 1. The minimum absolute atomic E-state index is 0.0408. The molecule has 1 aliphatic carbocycles. The number of nitrogens with one attached hydrogen (secondary N) is 3. The van der Waals surface area contributed by atoms with E-state index in [0.29, 0.717) is 28.9 Å². The molecule has 3 aromatic rings. The summed E-state index contributed by atoms with van der Waals surface area (Å²) < 4.78 is 31.4. The Kier molecular flexibility index (Phi) is 9.80. The predicted molar refractivity (Wildman–Crippen MR) is 163 cm³/mol. The van der Waals surface area contributed by atoms with Gasteiger partial charge in [0.1, 0.15) is 5.82 Å². The first-order valence-electron chi connectivity index (χ1n) is 15.7. The molecule has 6 rings (SSSR count). The molecule has 3 aliphatic rings. The average molecular weight is 608 g/mol. The van der Waals surface area contributed by atoms with Crippen LogP contribution in [0.4, 0.5) is 10.3 Å². The van der Waals surface area contributed by atoms with Gasteiger partial charge in [-0.15, -0.1) is 0 Å². The molecule has 3 N–H and O–H groups in total. The summed E-state index contributed by atoms with van der Waals surface area (Å²) in [6.45, 7) is 7.47. The summed E-state index contributed by atoms with van der Waals surface area (Å²) >= 11 is 0. The maximum atomic E-state index is 13.8. The Morgan fingerprint density at radius 2 is 1.82 bits per heavy atom. The van der Waals surface area contributed by atoms with Crippen molar-refractivity contribution in [1.82, 2.24) is 30.2 Å². The molecule has 1 amide bonds. The number of aromatic nitrogens is 4. The van der Waals surface area contributed by atoms with Gasteiger partial charge in [-0.2, -0.15) is 0 Å². The van der Waals surface area contributed by atoms with Crippen molar-refractivity contribution in [2.24, 2.45) is 5.41 Å². The fourth-order valence-corrected chi connectivity index (χ4v) is 5.92. The summed E-state index contributed by atoms with van der Waals surface area (Å²) in [5, 5.41) is 6.53. The van der Waals surface area contributed by atoms with Crippen LogP contribution in [0.2, 0.25) is 0 Å². The lowest BCUT2D eigenvalue weighted by atomic mass is 9.89. The Morgan fingerprint density at radius 3 is 2.57 bits per heavy atom. The summed E-state index contributed by atoms with van der Waals surface area (Å²) in [7, 11) is 0. The fraction of sp³-hybridized carbons (Fsp3) is 0.562. The van der Waals surface area contributed by atoms with Gasteiger partial charge in [-0.1, -0.05) is 19.3 Å². The van der Waals surface area contributed by atoms with E-state index < -0.39 is 11.7 Å². The van der Waals surface area contributed by atoms with E-state index in [1.807, 2.05) is 6.92 Å². The molecule has 44 heavy (non-hydrogen) atoms. The second-order valence-electron chi connectivity index (χ2n) is 12.2. The molecule has 12 heteroatoms. The van der Waals surface area contributed by atoms with E-state index in [0.717, 1.165) is 77.1 Å². The molecule has 0 atom stereocenters. The number of ether oxygens (including phenoxy) is 3. The van der Waals surface area contributed by atoms with Crippen molar-refractivity contribution >= 4 is 11.9 Å². The minimum Gasteiger partial charge on any atom is -0.379 e. The first kappa shape index (κ1) is 30.6. The zero-order valence-corrected chi connectivity index (χ0v) is 25.3. The fourth-order valence-electron chi connectivity index (χ4n) is 5.92. The van der Waals surface area contributed by atoms with Gasteiger partial charge in [-0.3, -0.25) is 9.69 Å². The van der Waals surface area contributed by atoms with Crippen LogP contribution in [0.1, 0.15) is 57.6 Å². The largest absolute Gasteiger partial charge is 0.379 e. The normalized spacial score (nSPS) is 23.4. The summed E-state index contributed by atoms with van der Waals surface area (Å²) in [6, 6.07) is 8.18. The number of hydrogen-bond acceptors (Lipinski definition) is 9. The molecule has 0 spiro atoms. The van der Waals surface area contributed by atoms with Crippen LogP contribution >= 0.6 is 0 Å². The van der Waals surface area contributed by atoms with Gasteiger partial charge < -0.3 is 29.8 Å². The molecule has 11 nitrogen and oxygen atoms in total. The molecule has 1 saturated carbocycles. The average Bonchev–Trinajstić information content (AvgIpc) is 3.50. The van der Waals surface area contributed by atoms with E-state index in [1.165, 1.54) is 18.6 Å². The Morgan fingerprint density at radius 1 is 1.07 bits per heavy atom. The zero-order chi connectivity index (χ0) is 30.4. The van der Waals surface area contributed by atoms with Gasteiger partial charge in [0.25, 0.3) is 0 Å². The smallest absolute Gasteiger partial charge is 0.230 e. The molecule has 0 bridgehead atoms. The molecule has 4 heterocycles. The van der Waals surface area contributed by atoms with E-state index in [-0.39, 0.29) is 31.0 Å². The minimum atomic E-state index is -0.793. The number of halogens is 1. The number of morpholine rings is 1. The zero-order valence-electron chi connectivity index (χ0n) is 25.3. The van der Waals surface area contributed by atoms with Crippen molar-refractivity contribution in [3.8, 4) is 22.6 Å². The SMILES string of the molecule is CC1(C(=O)NC2CCCCC2)COC(c2nc(-c3ccc(F)cc3)c(-c3ccnc(NCCCN4CCOCC4)n3)[nH]2)OC1. The van der Waals surface area contributed by atoms with Gasteiger partial charge in [-0.25, -0.2) is 19.3 Å². The number of anilines is 1. The van der Waals surface area contributed by atoms with Crippen molar-refractivity contribution < 1.29 is 23.4 Å². The molecular formula is C32H42FN7O4. The van der Waals surface area contributed by atoms with Crippen molar-refractivity contribution in [3.63, 3.8) is 0 Å². The number of carbonyl (C=O) groups excluding carboxylic acids is 1. The predicted octanol–water partition coefficient (Wildman–Crippen LogP) is 4.31. The Hall–Kier alpha value is -3.45. The number of amides is 1. The number of H-pyrrole nitrogens is 1. The maximum Gasteiger partial charge on any atom is 0.230 e. The Labute approximate surface area is 257 Å². The first-order valence-corrected chi connectivity index (χ1v) is 15.7. The highest BCUT2D eigenvalue weighted by atomic mass is 19.1. The van der Waals surface area contributed by atoms with Gasteiger partial charge in [0.15, 0.2) is 5.82 Å². The highest BCUT2D eigenvalue weighted by molar-refractivity contribution is 5.83. The van der Waals surface area contributed by atoms with E-state index in [9.17, 15) is 9.18 Å². The van der Waals surface area contributed by atoms with Crippen molar-refractivity contribution in [2.45, 2.75) is 57.8 Å². The molecule has 0 unspecified atom stereocenters. The van der Waals surface area contributed by atoms with Crippen molar-refractivity contribution in [1.29, 1.82) is 0 Å². The van der Waals surface area contributed by atoms with Crippen LogP contribution in [0.3, 0.4) is 0 Å². The van der Waals surface area contributed by atoms with E-state index in [2.05, 4.69) is 25.5 Å². The molecule has 2 aliphatic heterocycles. The number of imidazole rings is 1. The number of rotatable bonds is 10. The van der Waals surface area contributed by atoms with Crippen LogP contribution in [-0.4, -0.2) is 89.4 Å². The molecule has 1 aromatic carbocycles. The van der Waals surface area contributed by atoms with Crippen LogP contribution in [0.25, 0.3) is 22.6 Å². The highest BCUT2D eigenvalue weighted by Gasteiger charge is 2.41. The molecule has 0 radical (unpaired) electrons. The van der Waals surface area contributed by atoms with E-state index in [1.54, 1.807) is 24.4 Å². The Bertz CT molecular complexity index is 1380. The topological polar surface area (TPSA) is 127 Å². The number of aromatic amines is 1. The Balaban J connectivity index is 1.15. The number of nitrogens with zero attached hydrogens (tertiary/aromatic N) is 4. The lowest BCUT2D eigenvalue weighted by Gasteiger charge is -2.37. The summed E-state index contributed by atoms with van der Waals surface area (Å²) in [5.74, 6) is 0.589. The van der Waals surface area contributed by atoms with Crippen LogP contribution in [0.15, 0.2) is 36.5 Å². The van der Waals surface area contributed by atoms with E-state index in [4.69, 9.17) is 24.2 Å². The second-order valence-corrected chi connectivity index (χ2v) is 12.2. The van der Waals surface area contributed by atoms with Gasteiger partial charge >= 0.3 is 0 Å². The molecule has 2 saturated heterocycles. The quantitative estimate of drug-likeness (QED) is 0.289. The number of hydrogen-bond donors (Lipinski definition) is 3. The molecule has 3 fully saturated rings. The molecular weight excluding hydrogens is 565 g/mol. The third-order valence-electron chi connectivity index (χ3n) is 8.61. The number of benzene rings is 1. The second kappa shape index (κ2) is 14.1. The molecule has 2 aromatic heterocycles. The van der Waals surface area contributed by atoms with Crippen LogP contribution < -0.4 is 10.6 Å². The van der Waals surface area contributed by atoms with Crippen LogP contribution in [0.5, 0.6) is 0 Å². The van der Waals surface area contributed by atoms with E-state index >= 15 is 0 Å². The monoisotopic (exact) mass is 607 g/mol. The van der Waals surface area contributed by atoms with Gasteiger partial charge in [-0.05, 0) is 63.1 Å². The van der Waals surface area contributed by atoms with Crippen LogP contribution in [0, 0.1) is 11.2 Å². The third-order valence-corrected chi connectivity index (χ3v) is 8.61. The summed E-state index contributed by atoms with van der Waals surface area (Å²) in [4.78, 5) is 32.9. The van der Waals surface area contributed by atoms with Crippen molar-refractivity contribution in [3.05, 3.63) is 48.2 Å².